The maximum absolute atomic E-state index is 14.0. The number of hydrogen-bond donors (Lipinski definition) is 1. The van der Waals surface area contributed by atoms with Crippen LogP contribution in [0.25, 0.3) is 0 Å². The second-order valence-electron chi connectivity index (χ2n) is 9.10. The van der Waals surface area contributed by atoms with Crippen LogP contribution in [0.4, 0.5) is 18.9 Å². The quantitative estimate of drug-likeness (QED) is 0.446. The van der Waals surface area contributed by atoms with Crippen LogP contribution in [-0.2, 0) is 30.4 Å². The number of carbonyl (C=O) groups is 1. The van der Waals surface area contributed by atoms with Crippen LogP contribution in [0.5, 0.6) is 5.75 Å². The highest BCUT2D eigenvalue weighted by Gasteiger charge is 2.39. The van der Waals surface area contributed by atoms with E-state index in [0.717, 1.165) is 28.2 Å². The number of H-pyrrole nitrogens is 1. The summed E-state index contributed by atoms with van der Waals surface area (Å²) in [7, 11) is 0. The smallest absolute Gasteiger partial charge is 0.434 e. The van der Waals surface area contributed by atoms with Crippen LogP contribution in [0.3, 0.4) is 0 Å². The molecule has 0 saturated carbocycles. The van der Waals surface area contributed by atoms with E-state index in [-0.39, 0.29) is 29.0 Å². The molecule has 4 rings (SSSR count). The van der Waals surface area contributed by atoms with E-state index in [4.69, 9.17) is 0 Å². The summed E-state index contributed by atoms with van der Waals surface area (Å²) in [5.41, 5.74) is 1.99. The fourth-order valence-electron chi connectivity index (χ4n) is 4.55. The van der Waals surface area contributed by atoms with E-state index < -0.39 is 17.8 Å². The molecule has 2 aromatic heterocycles. The van der Waals surface area contributed by atoms with Gasteiger partial charge >= 0.3 is 6.18 Å². The number of halogens is 3. The summed E-state index contributed by atoms with van der Waals surface area (Å²) in [5, 5.41) is 10.7. The number of nitrogens with zero attached hydrogens (tertiary/aromatic N) is 2. The summed E-state index contributed by atoms with van der Waals surface area (Å²) in [6, 6.07) is 8.75. The van der Waals surface area contributed by atoms with E-state index in [1.807, 2.05) is 26.0 Å². The normalized spacial score (nSPS) is 15.8. The summed E-state index contributed by atoms with van der Waals surface area (Å²) >= 11 is 0.994. The Bertz CT molecular complexity index is 1210. The summed E-state index contributed by atoms with van der Waals surface area (Å²) in [6.45, 7) is 5.58. The van der Waals surface area contributed by atoms with Crippen LogP contribution in [-0.4, -0.2) is 16.0 Å². The molecule has 2 heterocycles. The van der Waals surface area contributed by atoms with Crippen molar-refractivity contribution in [1.82, 2.24) is 4.98 Å². The lowest BCUT2D eigenvalue weighted by atomic mass is 9.81. The van der Waals surface area contributed by atoms with Crippen molar-refractivity contribution in [3.8, 4) is 5.75 Å². The van der Waals surface area contributed by atoms with Crippen LogP contribution in [0, 0.1) is 0 Å². The number of phenolic OH excluding ortho intramolecular Hbond substituents is 1. The van der Waals surface area contributed by atoms with Crippen LogP contribution in [0.2, 0.25) is 0 Å². The molecule has 5 nitrogen and oxygen atoms in total. The van der Waals surface area contributed by atoms with E-state index in [1.165, 1.54) is 4.90 Å². The van der Waals surface area contributed by atoms with Gasteiger partial charge in [-0.05, 0) is 48.9 Å². The topological polar surface area (TPSA) is 67.6 Å². The number of rotatable bonds is 6. The van der Waals surface area contributed by atoms with Gasteiger partial charge in [0.25, 0.3) is 0 Å². The van der Waals surface area contributed by atoms with Gasteiger partial charge in [0.05, 0.1) is 22.3 Å². The molecular formula is C26H29F3N3O2S+. The van der Waals surface area contributed by atoms with Crippen molar-refractivity contribution in [2.45, 2.75) is 71.0 Å². The summed E-state index contributed by atoms with van der Waals surface area (Å²) in [5.74, 6) is -0.465. The number of carbonyl (C=O) groups excluding carboxylic acids is 1. The number of pyridine rings is 1. The average molecular weight is 505 g/mol. The lowest BCUT2D eigenvalue weighted by Crippen LogP contribution is -2.37. The lowest BCUT2D eigenvalue weighted by molar-refractivity contribution is -0.391. The number of benzene rings is 1. The van der Waals surface area contributed by atoms with E-state index >= 15 is 0 Å². The minimum Gasteiger partial charge on any atom is -0.508 e. The number of alkyl halides is 3. The number of aromatic nitrogens is 2. The zero-order chi connectivity index (χ0) is 25.3. The number of aromatic hydroxyl groups is 1. The van der Waals surface area contributed by atoms with Gasteiger partial charge in [-0.3, -0.25) is 4.79 Å². The molecule has 3 aromatic rings. The molecule has 0 saturated heterocycles. The van der Waals surface area contributed by atoms with Crippen molar-refractivity contribution in [2.75, 3.05) is 4.90 Å². The third-order valence-corrected chi connectivity index (χ3v) is 7.60. The summed E-state index contributed by atoms with van der Waals surface area (Å²) in [6.07, 6.45) is -0.612. The standard InChI is InChI=1S/C26H28F3N3O2S/c1-4-23-31-24(26(27,28)29)22(35-23)14-32(16-11-12-20(15(2)3)30-13-16)25(34)19-9-5-8-18-17(19)7-6-10-21(18)33/h6-7,10-13,15,19,33H,4-5,8-9,14H2,1-3H3/p+1. The highest BCUT2D eigenvalue weighted by molar-refractivity contribution is 7.11. The molecule has 1 aromatic carbocycles. The second kappa shape index (κ2) is 9.97. The highest BCUT2D eigenvalue weighted by atomic mass is 32.1. The van der Waals surface area contributed by atoms with Crippen LogP contribution >= 0.6 is 11.3 Å². The molecule has 2 N–H and O–H groups in total. The molecule has 1 atom stereocenters. The SMILES string of the molecule is CCc1nc(C(F)(F)F)c(CN(C(=O)C2CCCc3c(O)cccc32)c2ccc(C(C)C)[nH+]c2)s1. The van der Waals surface area contributed by atoms with Crippen LogP contribution < -0.4 is 9.88 Å². The third kappa shape index (κ3) is 5.19. The molecule has 35 heavy (non-hydrogen) atoms. The Labute approximate surface area is 206 Å². The predicted octanol–water partition coefficient (Wildman–Crippen LogP) is 6.02. The maximum Gasteiger partial charge on any atom is 0.434 e. The number of phenols is 1. The Morgan fingerprint density at radius 2 is 2.06 bits per heavy atom. The van der Waals surface area contributed by atoms with E-state index in [1.54, 1.807) is 31.3 Å². The monoisotopic (exact) mass is 504 g/mol. The number of aryl methyl sites for hydroxylation is 1. The van der Waals surface area contributed by atoms with Gasteiger partial charge in [-0.25, -0.2) is 9.97 Å². The van der Waals surface area contributed by atoms with Gasteiger partial charge in [-0.1, -0.05) is 32.9 Å². The molecular weight excluding hydrogens is 475 g/mol. The number of aromatic amines is 1. The van der Waals surface area contributed by atoms with E-state index in [2.05, 4.69) is 9.97 Å². The van der Waals surface area contributed by atoms with Gasteiger partial charge in [-0.2, -0.15) is 13.2 Å². The van der Waals surface area contributed by atoms with Gasteiger partial charge in [0, 0.05) is 12.0 Å². The first kappa shape index (κ1) is 25.2. The Morgan fingerprint density at radius 1 is 1.29 bits per heavy atom. The molecule has 1 aliphatic rings. The fraction of sp³-hybridized carbons (Fsp3) is 0.423. The number of fused-ring (bicyclic) bond motifs is 1. The predicted molar refractivity (Wildman–Crippen MR) is 129 cm³/mol. The fourth-order valence-corrected chi connectivity index (χ4v) is 5.57. The Morgan fingerprint density at radius 3 is 2.69 bits per heavy atom. The summed E-state index contributed by atoms with van der Waals surface area (Å²) in [4.78, 5) is 22.4. The molecule has 0 bridgehead atoms. The Hall–Kier alpha value is -2.94. The molecule has 0 aliphatic heterocycles. The number of hydrogen-bond acceptors (Lipinski definition) is 4. The molecule has 9 heteroatoms. The second-order valence-corrected chi connectivity index (χ2v) is 10.3. The molecule has 0 radical (unpaired) electrons. The number of thiazole rings is 1. The van der Waals surface area contributed by atoms with Gasteiger partial charge < -0.3 is 10.0 Å². The van der Waals surface area contributed by atoms with Crippen molar-refractivity contribution >= 4 is 22.9 Å². The molecule has 1 aliphatic carbocycles. The highest BCUT2D eigenvalue weighted by Crippen LogP contribution is 2.40. The third-order valence-electron chi connectivity index (χ3n) is 6.42. The van der Waals surface area contributed by atoms with Crippen molar-refractivity contribution in [3.05, 3.63) is 68.9 Å². The molecule has 1 unspecified atom stereocenters. The van der Waals surface area contributed by atoms with Crippen molar-refractivity contribution < 1.29 is 28.1 Å². The first-order valence-electron chi connectivity index (χ1n) is 11.8. The Balaban J connectivity index is 1.77. The first-order chi connectivity index (χ1) is 16.6. The summed E-state index contributed by atoms with van der Waals surface area (Å²) < 4.78 is 41.4. The maximum atomic E-state index is 14.0. The zero-order valence-electron chi connectivity index (χ0n) is 19.9. The number of amides is 1. The van der Waals surface area contributed by atoms with Crippen LogP contribution in [0.15, 0.2) is 36.5 Å². The molecule has 186 valence electrons. The minimum absolute atomic E-state index is 0.0163. The number of nitrogens with one attached hydrogen (secondary N) is 1. The molecule has 0 fully saturated rings. The van der Waals surface area contributed by atoms with Crippen molar-refractivity contribution in [1.29, 1.82) is 0 Å². The Kier molecular flexibility index (Phi) is 7.17. The first-order valence-corrected chi connectivity index (χ1v) is 12.6. The lowest BCUT2D eigenvalue weighted by Gasteiger charge is -2.30. The average Bonchev–Trinajstić information content (AvgIpc) is 3.26. The number of anilines is 1. The largest absolute Gasteiger partial charge is 0.508 e. The van der Waals surface area contributed by atoms with Crippen molar-refractivity contribution in [2.24, 2.45) is 0 Å². The van der Waals surface area contributed by atoms with E-state index in [0.29, 0.717) is 36.4 Å². The zero-order valence-corrected chi connectivity index (χ0v) is 20.8. The minimum atomic E-state index is -4.61. The van der Waals surface area contributed by atoms with Gasteiger partial charge in [0.2, 0.25) is 5.91 Å². The van der Waals surface area contributed by atoms with E-state index in [9.17, 15) is 23.1 Å². The van der Waals surface area contributed by atoms with Gasteiger partial charge in [-0.15, -0.1) is 11.3 Å². The van der Waals surface area contributed by atoms with Gasteiger partial charge in [0.15, 0.2) is 17.6 Å². The van der Waals surface area contributed by atoms with Crippen LogP contribution in [0.1, 0.15) is 77.8 Å². The molecule has 1 amide bonds. The molecule has 0 spiro atoms. The van der Waals surface area contributed by atoms with Crippen molar-refractivity contribution in [3.63, 3.8) is 0 Å². The van der Waals surface area contributed by atoms with Gasteiger partial charge in [0.1, 0.15) is 11.4 Å².